The molecule has 1 atom stereocenters. The summed E-state index contributed by atoms with van der Waals surface area (Å²) < 4.78 is 0. The minimum Gasteiger partial charge on any atom is -0.355 e. The molecular formula is C16H20N4O. The van der Waals surface area contributed by atoms with Crippen molar-refractivity contribution in [2.24, 2.45) is 5.92 Å². The summed E-state index contributed by atoms with van der Waals surface area (Å²) in [5.41, 5.74) is 2.49. The van der Waals surface area contributed by atoms with Gasteiger partial charge < -0.3 is 10.2 Å². The third kappa shape index (κ3) is 2.85. The van der Waals surface area contributed by atoms with Gasteiger partial charge in [-0.1, -0.05) is 0 Å². The molecule has 2 heterocycles. The fourth-order valence-electron chi connectivity index (χ4n) is 2.90. The van der Waals surface area contributed by atoms with Crippen molar-refractivity contribution in [2.75, 3.05) is 18.0 Å². The fourth-order valence-corrected chi connectivity index (χ4v) is 2.90. The van der Waals surface area contributed by atoms with E-state index in [4.69, 9.17) is 0 Å². The third-order valence-electron chi connectivity index (χ3n) is 4.22. The highest BCUT2D eigenvalue weighted by molar-refractivity contribution is 5.80. The van der Waals surface area contributed by atoms with E-state index in [0.29, 0.717) is 18.2 Å². The molecule has 3 rings (SSSR count). The number of nitriles is 1. The standard InChI is InChI=1S/C16H20N4O/c1-10-7-11(2)18-15(14(10)8-17)20-6-5-12(9-20)16(21)19-13-3-4-13/h7,12-13H,3-6,9H2,1-2H3,(H,19,21). The molecule has 1 saturated heterocycles. The molecule has 1 aromatic heterocycles. The monoisotopic (exact) mass is 284 g/mol. The predicted molar refractivity (Wildman–Crippen MR) is 79.9 cm³/mol. The highest BCUT2D eigenvalue weighted by Gasteiger charge is 2.33. The molecule has 1 N–H and O–H groups in total. The SMILES string of the molecule is Cc1cc(C)c(C#N)c(N2CCC(C(=O)NC3CC3)C2)n1. The van der Waals surface area contributed by atoms with Crippen LogP contribution in [0.2, 0.25) is 0 Å². The van der Waals surface area contributed by atoms with Crippen molar-refractivity contribution in [1.82, 2.24) is 10.3 Å². The number of rotatable bonds is 3. The number of pyridine rings is 1. The number of nitrogens with zero attached hydrogens (tertiary/aromatic N) is 3. The first-order valence-electron chi connectivity index (χ1n) is 7.52. The number of amides is 1. The molecule has 1 unspecified atom stereocenters. The molecule has 5 nitrogen and oxygen atoms in total. The van der Waals surface area contributed by atoms with E-state index >= 15 is 0 Å². The van der Waals surface area contributed by atoms with Gasteiger partial charge in [-0.2, -0.15) is 5.26 Å². The summed E-state index contributed by atoms with van der Waals surface area (Å²) in [6.45, 7) is 5.31. The van der Waals surface area contributed by atoms with Gasteiger partial charge in [-0.15, -0.1) is 0 Å². The number of nitrogens with one attached hydrogen (secondary N) is 1. The first-order valence-corrected chi connectivity index (χ1v) is 7.52. The van der Waals surface area contributed by atoms with Crippen molar-refractivity contribution in [3.63, 3.8) is 0 Å². The van der Waals surface area contributed by atoms with Crippen molar-refractivity contribution >= 4 is 11.7 Å². The number of hydrogen-bond acceptors (Lipinski definition) is 4. The Balaban J connectivity index is 1.76. The Labute approximate surface area is 125 Å². The Kier molecular flexibility index (Phi) is 3.54. The van der Waals surface area contributed by atoms with Crippen LogP contribution in [-0.2, 0) is 4.79 Å². The molecule has 1 saturated carbocycles. The smallest absolute Gasteiger partial charge is 0.225 e. The second-order valence-corrected chi connectivity index (χ2v) is 6.11. The Morgan fingerprint density at radius 2 is 2.19 bits per heavy atom. The second kappa shape index (κ2) is 5.36. The highest BCUT2D eigenvalue weighted by Crippen LogP contribution is 2.28. The largest absolute Gasteiger partial charge is 0.355 e. The molecule has 110 valence electrons. The highest BCUT2D eigenvalue weighted by atomic mass is 16.2. The van der Waals surface area contributed by atoms with E-state index in [1.165, 1.54) is 0 Å². The van der Waals surface area contributed by atoms with Gasteiger partial charge in [0.1, 0.15) is 11.9 Å². The minimum atomic E-state index is 0.0137. The fraction of sp³-hybridized carbons (Fsp3) is 0.562. The van der Waals surface area contributed by atoms with E-state index in [1.807, 2.05) is 19.9 Å². The number of carbonyl (C=O) groups excluding carboxylic acids is 1. The van der Waals surface area contributed by atoms with Crippen molar-refractivity contribution < 1.29 is 4.79 Å². The lowest BCUT2D eigenvalue weighted by atomic mass is 10.1. The lowest BCUT2D eigenvalue weighted by Gasteiger charge is -2.20. The minimum absolute atomic E-state index is 0.0137. The zero-order valence-corrected chi connectivity index (χ0v) is 12.5. The molecule has 1 amide bonds. The van der Waals surface area contributed by atoms with E-state index in [1.54, 1.807) is 0 Å². The number of anilines is 1. The van der Waals surface area contributed by atoms with Gasteiger partial charge >= 0.3 is 0 Å². The van der Waals surface area contributed by atoms with Crippen LogP contribution >= 0.6 is 0 Å². The van der Waals surface area contributed by atoms with Gasteiger partial charge in [0.15, 0.2) is 0 Å². The normalized spacial score (nSPS) is 21.2. The molecular weight excluding hydrogens is 264 g/mol. The molecule has 2 fully saturated rings. The molecule has 0 bridgehead atoms. The maximum absolute atomic E-state index is 12.1. The quantitative estimate of drug-likeness (QED) is 0.916. The summed E-state index contributed by atoms with van der Waals surface area (Å²) in [4.78, 5) is 18.7. The molecule has 0 aromatic carbocycles. The van der Waals surface area contributed by atoms with Crippen LogP contribution in [0.3, 0.4) is 0 Å². The second-order valence-electron chi connectivity index (χ2n) is 6.11. The van der Waals surface area contributed by atoms with Crippen LogP contribution in [0.5, 0.6) is 0 Å². The van der Waals surface area contributed by atoms with Crippen LogP contribution in [0.1, 0.15) is 36.1 Å². The van der Waals surface area contributed by atoms with Crippen molar-refractivity contribution in [2.45, 2.75) is 39.2 Å². The number of aryl methyl sites for hydroxylation is 2. The molecule has 2 aliphatic rings. The summed E-state index contributed by atoms with van der Waals surface area (Å²) in [6, 6.07) is 4.58. The maximum atomic E-state index is 12.1. The van der Waals surface area contributed by atoms with Crippen LogP contribution in [0, 0.1) is 31.1 Å². The van der Waals surface area contributed by atoms with Gasteiger partial charge in [-0.05, 0) is 44.7 Å². The molecule has 5 heteroatoms. The van der Waals surface area contributed by atoms with Gasteiger partial charge in [-0.25, -0.2) is 4.98 Å². The maximum Gasteiger partial charge on any atom is 0.225 e. The van der Waals surface area contributed by atoms with Crippen molar-refractivity contribution in [3.05, 3.63) is 22.9 Å². The average molecular weight is 284 g/mol. The Morgan fingerprint density at radius 1 is 1.43 bits per heavy atom. The first kappa shape index (κ1) is 13.9. The van der Waals surface area contributed by atoms with Crippen LogP contribution in [0.4, 0.5) is 5.82 Å². The van der Waals surface area contributed by atoms with Crippen LogP contribution < -0.4 is 10.2 Å². The summed E-state index contributed by atoms with van der Waals surface area (Å²) in [5.74, 6) is 0.902. The van der Waals surface area contributed by atoms with Crippen molar-refractivity contribution in [1.29, 1.82) is 5.26 Å². The zero-order valence-electron chi connectivity index (χ0n) is 12.5. The van der Waals surface area contributed by atoms with E-state index in [0.717, 1.165) is 42.9 Å². The number of hydrogen-bond donors (Lipinski definition) is 1. The van der Waals surface area contributed by atoms with E-state index in [9.17, 15) is 10.1 Å². The van der Waals surface area contributed by atoms with Gasteiger partial charge in [0.05, 0.1) is 11.5 Å². The molecule has 1 aromatic rings. The van der Waals surface area contributed by atoms with E-state index in [-0.39, 0.29) is 11.8 Å². The van der Waals surface area contributed by atoms with E-state index < -0.39 is 0 Å². The number of aromatic nitrogens is 1. The van der Waals surface area contributed by atoms with Gasteiger partial charge in [-0.3, -0.25) is 4.79 Å². The van der Waals surface area contributed by atoms with E-state index in [2.05, 4.69) is 21.3 Å². The topological polar surface area (TPSA) is 69.0 Å². The number of carbonyl (C=O) groups is 1. The van der Waals surface area contributed by atoms with Crippen LogP contribution in [0.25, 0.3) is 0 Å². The summed E-state index contributed by atoms with van der Waals surface area (Å²) in [6.07, 6.45) is 3.05. The average Bonchev–Trinajstić information content (AvgIpc) is 3.11. The van der Waals surface area contributed by atoms with Gasteiger partial charge in [0.25, 0.3) is 0 Å². The van der Waals surface area contributed by atoms with Crippen LogP contribution in [-0.4, -0.2) is 30.0 Å². The third-order valence-corrected chi connectivity index (χ3v) is 4.22. The summed E-state index contributed by atoms with van der Waals surface area (Å²) in [7, 11) is 0. The Morgan fingerprint density at radius 3 is 2.86 bits per heavy atom. The lowest BCUT2D eigenvalue weighted by molar-refractivity contribution is -0.124. The lowest BCUT2D eigenvalue weighted by Crippen LogP contribution is -2.34. The van der Waals surface area contributed by atoms with Gasteiger partial charge in [0, 0.05) is 24.8 Å². The molecule has 1 aliphatic heterocycles. The Hall–Kier alpha value is -2.09. The zero-order chi connectivity index (χ0) is 15.0. The predicted octanol–water partition coefficient (Wildman–Crippen LogP) is 1.68. The van der Waals surface area contributed by atoms with Crippen molar-refractivity contribution in [3.8, 4) is 6.07 Å². The molecule has 1 aliphatic carbocycles. The molecule has 21 heavy (non-hydrogen) atoms. The summed E-state index contributed by atoms with van der Waals surface area (Å²) in [5, 5.41) is 12.4. The molecule has 0 spiro atoms. The first-order chi connectivity index (χ1) is 10.1. The van der Waals surface area contributed by atoms with Gasteiger partial charge in [0.2, 0.25) is 5.91 Å². The van der Waals surface area contributed by atoms with Crippen LogP contribution in [0.15, 0.2) is 6.07 Å². The Bertz CT molecular complexity index is 615. The summed E-state index contributed by atoms with van der Waals surface area (Å²) >= 11 is 0. The molecule has 0 radical (unpaired) electrons.